The second-order valence-electron chi connectivity index (χ2n) is 3.53. The van der Waals surface area contributed by atoms with Gasteiger partial charge in [-0.25, -0.2) is 0 Å². The molecule has 0 atom stereocenters. The molecule has 0 unspecified atom stereocenters. The summed E-state index contributed by atoms with van der Waals surface area (Å²) in [6.07, 6.45) is 3.87. The molecule has 1 aromatic heterocycles. The molecule has 88 valence electrons. The topological polar surface area (TPSA) is 66.9 Å². The van der Waals surface area contributed by atoms with Gasteiger partial charge in [0.1, 0.15) is 0 Å². The highest BCUT2D eigenvalue weighted by Gasteiger charge is 2.01. The summed E-state index contributed by atoms with van der Waals surface area (Å²) in [4.78, 5) is 19.6. The fourth-order valence-electron chi connectivity index (χ4n) is 1.17. The molecule has 0 aliphatic carbocycles. The Hall–Kier alpha value is -1.49. The van der Waals surface area contributed by atoms with Crippen LogP contribution in [0.1, 0.15) is 24.7 Å². The van der Waals surface area contributed by atoms with Crippen LogP contribution in [-0.4, -0.2) is 29.0 Å². The third-order valence-corrected chi connectivity index (χ3v) is 2.08. The van der Waals surface area contributed by atoms with E-state index in [4.69, 9.17) is 0 Å². The monoisotopic (exact) mass is 222 g/mol. The normalized spacial score (nSPS) is 10.1. The number of hydrogen-bond donors (Lipinski definition) is 2. The van der Waals surface area contributed by atoms with Crippen LogP contribution in [0.3, 0.4) is 0 Å². The molecule has 0 aliphatic rings. The molecule has 0 aliphatic heterocycles. The van der Waals surface area contributed by atoms with Crippen molar-refractivity contribution >= 4 is 5.91 Å². The SMILES string of the molecule is CCNCCC(=O)NCc1cnc(C)cn1. The van der Waals surface area contributed by atoms with Crippen LogP contribution in [0, 0.1) is 6.92 Å². The standard InChI is InChI=1S/C11H18N4O/c1-3-12-5-4-11(16)15-8-10-7-13-9(2)6-14-10/h6-7,12H,3-5,8H2,1-2H3,(H,15,16). The third-order valence-electron chi connectivity index (χ3n) is 2.08. The van der Waals surface area contributed by atoms with Crippen molar-refractivity contribution in [3.63, 3.8) is 0 Å². The van der Waals surface area contributed by atoms with Crippen LogP contribution in [0.2, 0.25) is 0 Å². The highest BCUT2D eigenvalue weighted by Crippen LogP contribution is 1.93. The second-order valence-corrected chi connectivity index (χ2v) is 3.53. The Morgan fingerprint density at radius 2 is 2.19 bits per heavy atom. The van der Waals surface area contributed by atoms with E-state index in [0.717, 1.165) is 17.9 Å². The molecule has 16 heavy (non-hydrogen) atoms. The molecule has 0 radical (unpaired) electrons. The maximum absolute atomic E-state index is 11.4. The van der Waals surface area contributed by atoms with Gasteiger partial charge in [0.2, 0.25) is 5.91 Å². The van der Waals surface area contributed by atoms with Gasteiger partial charge in [0.25, 0.3) is 0 Å². The van der Waals surface area contributed by atoms with Crippen LogP contribution >= 0.6 is 0 Å². The minimum atomic E-state index is 0.0309. The lowest BCUT2D eigenvalue weighted by Gasteiger charge is -2.04. The van der Waals surface area contributed by atoms with Crippen molar-refractivity contribution in [2.45, 2.75) is 26.8 Å². The van der Waals surface area contributed by atoms with Gasteiger partial charge >= 0.3 is 0 Å². The fraction of sp³-hybridized carbons (Fsp3) is 0.545. The van der Waals surface area contributed by atoms with E-state index in [1.165, 1.54) is 0 Å². The molecule has 1 heterocycles. The van der Waals surface area contributed by atoms with E-state index < -0.39 is 0 Å². The van der Waals surface area contributed by atoms with Crippen LogP contribution in [0.25, 0.3) is 0 Å². The first kappa shape index (κ1) is 12.6. The lowest BCUT2D eigenvalue weighted by atomic mass is 10.3. The average molecular weight is 222 g/mol. The number of rotatable bonds is 6. The first-order chi connectivity index (χ1) is 7.72. The minimum absolute atomic E-state index is 0.0309. The van der Waals surface area contributed by atoms with E-state index >= 15 is 0 Å². The van der Waals surface area contributed by atoms with Crippen molar-refractivity contribution in [1.29, 1.82) is 0 Å². The fourth-order valence-corrected chi connectivity index (χ4v) is 1.17. The molecule has 5 nitrogen and oxygen atoms in total. The maximum atomic E-state index is 11.4. The number of hydrogen-bond acceptors (Lipinski definition) is 4. The first-order valence-electron chi connectivity index (χ1n) is 5.47. The Labute approximate surface area is 95.7 Å². The second kappa shape index (κ2) is 6.90. The largest absolute Gasteiger partial charge is 0.350 e. The Bertz CT molecular complexity index is 323. The smallest absolute Gasteiger partial charge is 0.221 e. The number of aryl methyl sites for hydroxylation is 1. The molecular formula is C11H18N4O. The van der Waals surface area contributed by atoms with Gasteiger partial charge in [0.05, 0.1) is 24.1 Å². The summed E-state index contributed by atoms with van der Waals surface area (Å²) in [6, 6.07) is 0. The van der Waals surface area contributed by atoms with Gasteiger partial charge < -0.3 is 10.6 Å². The molecule has 0 spiro atoms. The van der Waals surface area contributed by atoms with Gasteiger partial charge in [-0.05, 0) is 13.5 Å². The molecule has 0 aromatic carbocycles. The van der Waals surface area contributed by atoms with E-state index in [0.29, 0.717) is 19.5 Å². The molecule has 1 amide bonds. The van der Waals surface area contributed by atoms with Crippen LogP contribution in [-0.2, 0) is 11.3 Å². The van der Waals surface area contributed by atoms with Gasteiger partial charge in [-0.3, -0.25) is 14.8 Å². The summed E-state index contributed by atoms with van der Waals surface area (Å²) in [7, 11) is 0. The number of aromatic nitrogens is 2. The maximum Gasteiger partial charge on any atom is 0.221 e. The lowest BCUT2D eigenvalue weighted by molar-refractivity contribution is -0.121. The minimum Gasteiger partial charge on any atom is -0.350 e. The highest BCUT2D eigenvalue weighted by atomic mass is 16.1. The van der Waals surface area contributed by atoms with Crippen molar-refractivity contribution in [3.8, 4) is 0 Å². The van der Waals surface area contributed by atoms with E-state index in [2.05, 4.69) is 20.6 Å². The molecule has 0 fully saturated rings. The molecular weight excluding hydrogens is 204 g/mol. The van der Waals surface area contributed by atoms with E-state index in [1.54, 1.807) is 12.4 Å². The van der Waals surface area contributed by atoms with Crippen LogP contribution < -0.4 is 10.6 Å². The number of carbonyl (C=O) groups is 1. The molecule has 0 saturated heterocycles. The van der Waals surface area contributed by atoms with Gasteiger partial charge in [-0.2, -0.15) is 0 Å². The number of carbonyl (C=O) groups excluding carboxylic acids is 1. The van der Waals surface area contributed by atoms with Gasteiger partial charge in [0, 0.05) is 19.2 Å². The van der Waals surface area contributed by atoms with Gasteiger partial charge in [-0.1, -0.05) is 6.92 Å². The Kier molecular flexibility index (Phi) is 5.42. The van der Waals surface area contributed by atoms with Crippen molar-refractivity contribution in [2.24, 2.45) is 0 Å². The first-order valence-corrected chi connectivity index (χ1v) is 5.47. The summed E-state index contributed by atoms with van der Waals surface area (Å²) >= 11 is 0. The predicted octanol–water partition coefficient (Wildman–Crippen LogP) is 0.401. The molecule has 1 rings (SSSR count). The zero-order chi connectivity index (χ0) is 11.8. The lowest BCUT2D eigenvalue weighted by Crippen LogP contribution is -2.27. The van der Waals surface area contributed by atoms with Crippen LogP contribution in [0.15, 0.2) is 12.4 Å². The van der Waals surface area contributed by atoms with Crippen molar-refractivity contribution in [1.82, 2.24) is 20.6 Å². The van der Waals surface area contributed by atoms with E-state index in [-0.39, 0.29) is 5.91 Å². The Balaban J connectivity index is 2.23. The van der Waals surface area contributed by atoms with Crippen molar-refractivity contribution in [2.75, 3.05) is 13.1 Å². The quantitative estimate of drug-likeness (QED) is 0.684. The molecule has 0 saturated carbocycles. The van der Waals surface area contributed by atoms with Crippen molar-refractivity contribution in [3.05, 3.63) is 23.8 Å². The molecule has 2 N–H and O–H groups in total. The summed E-state index contributed by atoms with van der Waals surface area (Å²) in [5, 5.41) is 5.89. The summed E-state index contributed by atoms with van der Waals surface area (Å²) in [5.41, 5.74) is 1.66. The molecule has 0 bridgehead atoms. The molecule has 5 heteroatoms. The number of nitrogens with zero attached hydrogens (tertiary/aromatic N) is 2. The Morgan fingerprint density at radius 1 is 1.38 bits per heavy atom. The van der Waals surface area contributed by atoms with Crippen LogP contribution in [0.5, 0.6) is 0 Å². The highest BCUT2D eigenvalue weighted by molar-refractivity contribution is 5.75. The summed E-state index contributed by atoms with van der Waals surface area (Å²) in [6.45, 7) is 5.93. The summed E-state index contributed by atoms with van der Waals surface area (Å²) in [5.74, 6) is 0.0309. The van der Waals surface area contributed by atoms with Crippen molar-refractivity contribution < 1.29 is 4.79 Å². The van der Waals surface area contributed by atoms with E-state index in [9.17, 15) is 4.79 Å². The van der Waals surface area contributed by atoms with Gasteiger partial charge in [-0.15, -0.1) is 0 Å². The summed E-state index contributed by atoms with van der Waals surface area (Å²) < 4.78 is 0. The third kappa shape index (κ3) is 4.84. The zero-order valence-corrected chi connectivity index (χ0v) is 9.79. The predicted molar refractivity (Wildman–Crippen MR) is 61.8 cm³/mol. The average Bonchev–Trinajstić information content (AvgIpc) is 2.29. The number of nitrogens with one attached hydrogen (secondary N) is 2. The van der Waals surface area contributed by atoms with Crippen LogP contribution in [0.4, 0.5) is 0 Å². The molecule has 1 aromatic rings. The van der Waals surface area contributed by atoms with Gasteiger partial charge in [0.15, 0.2) is 0 Å². The Morgan fingerprint density at radius 3 is 2.81 bits per heavy atom. The zero-order valence-electron chi connectivity index (χ0n) is 9.79. The number of amides is 1. The van der Waals surface area contributed by atoms with E-state index in [1.807, 2.05) is 13.8 Å².